The molecule has 1 heterocycles. The van der Waals surface area contributed by atoms with Gasteiger partial charge in [0, 0.05) is 19.9 Å². The van der Waals surface area contributed by atoms with Gasteiger partial charge in [-0.1, -0.05) is 17.7 Å². The monoisotopic (exact) mass is 356 g/mol. The zero-order valence-electron chi connectivity index (χ0n) is 10.9. The van der Waals surface area contributed by atoms with Crippen LogP contribution in [0, 0.1) is 0 Å². The number of rotatable bonds is 5. The number of ether oxygens (including phenoxy) is 1. The van der Waals surface area contributed by atoms with Gasteiger partial charge >= 0.3 is 0 Å². The highest BCUT2D eigenvalue weighted by Crippen LogP contribution is 2.30. The number of nitrogens with one attached hydrogen (secondary N) is 1. The molecule has 1 aromatic heterocycles. The molecule has 0 bridgehead atoms. The molecule has 20 heavy (non-hydrogen) atoms. The van der Waals surface area contributed by atoms with Crippen LogP contribution in [0.15, 0.2) is 41.0 Å². The van der Waals surface area contributed by atoms with Crippen LogP contribution < -0.4 is 5.32 Å². The van der Waals surface area contributed by atoms with Crippen LogP contribution in [0.25, 0.3) is 0 Å². The molecular formula is C14H14BrClN2O2. The van der Waals surface area contributed by atoms with E-state index in [9.17, 15) is 4.79 Å². The number of carbonyl (C=O) groups is 1. The first-order valence-electron chi connectivity index (χ1n) is 6.03. The molecule has 0 unspecified atom stereocenters. The molecule has 0 fully saturated rings. The van der Waals surface area contributed by atoms with Gasteiger partial charge in [0.25, 0.3) is 5.91 Å². The van der Waals surface area contributed by atoms with E-state index in [1.54, 1.807) is 31.4 Å². The number of carbonyl (C=O) groups excluding carboxylic acids is 1. The van der Waals surface area contributed by atoms with Gasteiger partial charge in [0.05, 0.1) is 21.8 Å². The highest BCUT2D eigenvalue weighted by atomic mass is 79.9. The number of hydrogen-bond acceptors (Lipinski definition) is 2. The molecule has 2 rings (SSSR count). The molecule has 2 aromatic rings. The first-order chi connectivity index (χ1) is 9.63. The first-order valence-corrected chi connectivity index (χ1v) is 7.20. The van der Waals surface area contributed by atoms with Crippen molar-refractivity contribution >= 4 is 39.1 Å². The Morgan fingerprint density at radius 3 is 2.95 bits per heavy atom. The standard InChI is InChI=1S/C14H14BrClN2O2/c1-20-9-8-18-7-3-6-12(18)14(19)17-11-5-2-4-10(16)13(11)15/h2-7H,8-9H2,1H3,(H,17,19). The largest absolute Gasteiger partial charge is 0.383 e. The van der Waals surface area contributed by atoms with Crippen LogP contribution in [0.4, 0.5) is 5.69 Å². The third-order valence-corrected chi connectivity index (χ3v) is 4.20. The highest BCUT2D eigenvalue weighted by Gasteiger charge is 2.13. The van der Waals surface area contributed by atoms with E-state index in [2.05, 4.69) is 21.2 Å². The van der Waals surface area contributed by atoms with Crippen molar-refractivity contribution in [3.05, 3.63) is 51.7 Å². The van der Waals surface area contributed by atoms with Crippen LogP contribution >= 0.6 is 27.5 Å². The van der Waals surface area contributed by atoms with E-state index >= 15 is 0 Å². The van der Waals surface area contributed by atoms with Crippen LogP contribution in [0.3, 0.4) is 0 Å². The summed E-state index contributed by atoms with van der Waals surface area (Å²) in [5, 5.41) is 3.39. The fourth-order valence-corrected chi connectivity index (χ4v) is 2.33. The number of halogens is 2. The summed E-state index contributed by atoms with van der Waals surface area (Å²) in [7, 11) is 1.63. The summed E-state index contributed by atoms with van der Waals surface area (Å²) in [4.78, 5) is 12.3. The van der Waals surface area contributed by atoms with Crippen molar-refractivity contribution in [2.75, 3.05) is 19.0 Å². The summed E-state index contributed by atoms with van der Waals surface area (Å²) in [5.41, 5.74) is 1.22. The van der Waals surface area contributed by atoms with E-state index < -0.39 is 0 Å². The second-order valence-corrected chi connectivity index (χ2v) is 5.34. The van der Waals surface area contributed by atoms with E-state index in [1.807, 2.05) is 16.8 Å². The molecule has 1 aromatic carbocycles. The van der Waals surface area contributed by atoms with E-state index in [0.717, 1.165) is 0 Å². The second-order valence-electron chi connectivity index (χ2n) is 4.14. The zero-order valence-corrected chi connectivity index (χ0v) is 13.2. The van der Waals surface area contributed by atoms with Gasteiger partial charge in [-0.15, -0.1) is 0 Å². The Bertz CT molecular complexity index is 613. The Balaban J connectivity index is 2.16. The van der Waals surface area contributed by atoms with Crippen molar-refractivity contribution in [1.29, 1.82) is 0 Å². The van der Waals surface area contributed by atoms with Crippen molar-refractivity contribution in [3.63, 3.8) is 0 Å². The Morgan fingerprint density at radius 2 is 2.20 bits per heavy atom. The molecular weight excluding hydrogens is 344 g/mol. The lowest BCUT2D eigenvalue weighted by atomic mass is 10.3. The average Bonchev–Trinajstić information content (AvgIpc) is 2.90. The van der Waals surface area contributed by atoms with Gasteiger partial charge in [-0.25, -0.2) is 0 Å². The van der Waals surface area contributed by atoms with Gasteiger partial charge < -0.3 is 14.6 Å². The summed E-state index contributed by atoms with van der Waals surface area (Å²) >= 11 is 9.36. The van der Waals surface area contributed by atoms with Crippen LogP contribution in [-0.4, -0.2) is 24.2 Å². The first kappa shape index (κ1) is 15.1. The van der Waals surface area contributed by atoms with E-state index in [4.69, 9.17) is 16.3 Å². The molecule has 0 aliphatic heterocycles. The van der Waals surface area contributed by atoms with Gasteiger partial charge in [0.15, 0.2) is 0 Å². The number of nitrogens with zero attached hydrogens (tertiary/aromatic N) is 1. The van der Waals surface area contributed by atoms with Crippen LogP contribution in [0.5, 0.6) is 0 Å². The molecule has 0 radical (unpaired) electrons. The molecule has 106 valence electrons. The Labute approximate surface area is 130 Å². The minimum Gasteiger partial charge on any atom is -0.383 e. The number of methoxy groups -OCH3 is 1. The summed E-state index contributed by atoms with van der Waals surface area (Å²) in [6.45, 7) is 1.18. The molecule has 1 amide bonds. The van der Waals surface area contributed by atoms with Gasteiger partial charge in [0.1, 0.15) is 5.69 Å². The SMILES string of the molecule is COCCn1cccc1C(=O)Nc1cccc(Cl)c1Br. The predicted octanol–water partition coefficient (Wildman–Crippen LogP) is 3.80. The smallest absolute Gasteiger partial charge is 0.272 e. The van der Waals surface area contributed by atoms with Crippen LogP contribution in [0.2, 0.25) is 5.02 Å². The maximum atomic E-state index is 12.3. The maximum absolute atomic E-state index is 12.3. The fourth-order valence-electron chi connectivity index (χ4n) is 1.79. The summed E-state index contributed by atoms with van der Waals surface area (Å²) in [5.74, 6) is -0.186. The molecule has 6 heteroatoms. The summed E-state index contributed by atoms with van der Waals surface area (Å²) in [6.07, 6.45) is 1.85. The number of aromatic nitrogens is 1. The van der Waals surface area contributed by atoms with Crippen molar-refractivity contribution < 1.29 is 9.53 Å². The molecule has 4 nitrogen and oxygen atoms in total. The highest BCUT2D eigenvalue weighted by molar-refractivity contribution is 9.10. The number of hydrogen-bond donors (Lipinski definition) is 1. The van der Waals surface area contributed by atoms with Crippen molar-refractivity contribution in [2.45, 2.75) is 6.54 Å². The summed E-state index contributed by atoms with van der Waals surface area (Å²) < 4.78 is 7.54. The third kappa shape index (κ3) is 3.42. The molecule has 0 atom stereocenters. The van der Waals surface area contributed by atoms with Gasteiger partial charge in [-0.3, -0.25) is 4.79 Å². The Kier molecular flexibility index (Phi) is 5.23. The summed E-state index contributed by atoms with van der Waals surface area (Å²) in [6, 6.07) is 8.92. The fraction of sp³-hybridized carbons (Fsp3) is 0.214. The van der Waals surface area contributed by atoms with Crippen molar-refractivity contribution in [1.82, 2.24) is 4.57 Å². The van der Waals surface area contributed by atoms with Gasteiger partial charge in [-0.2, -0.15) is 0 Å². The maximum Gasteiger partial charge on any atom is 0.272 e. The van der Waals surface area contributed by atoms with E-state index in [1.165, 1.54) is 0 Å². The number of anilines is 1. The lowest BCUT2D eigenvalue weighted by Crippen LogP contribution is -2.18. The van der Waals surface area contributed by atoms with Crippen LogP contribution in [0.1, 0.15) is 10.5 Å². The lowest BCUT2D eigenvalue weighted by Gasteiger charge is -2.11. The molecule has 1 N–H and O–H groups in total. The molecule has 0 saturated carbocycles. The zero-order chi connectivity index (χ0) is 14.5. The van der Waals surface area contributed by atoms with Gasteiger partial charge in [-0.05, 0) is 40.2 Å². The minimum atomic E-state index is -0.186. The third-order valence-electron chi connectivity index (χ3n) is 2.80. The molecule has 0 aliphatic carbocycles. The van der Waals surface area contributed by atoms with E-state index in [-0.39, 0.29) is 5.91 Å². The Hall–Kier alpha value is -1.30. The Morgan fingerprint density at radius 1 is 1.40 bits per heavy atom. The quantitative estimate of drug-likeness (QED) is 0.884. The topological polar surface area (TPSA) is 43.3 Å². The lowest BCUT2D eigenvalue weighted by molar-refractivity contribution is 0.101. The van der Waals surface area contributed by atoms with Crippen LogP contribution in [-0.2, 0) is 11.3 Å². The average molecular weight is 358 g/mol. The molecule has 0 saturated heterocycles. The normalized spacial score (nSPS) is 10.6. The number of benzene rings is 1. The number of amides is 1. The minimum absolute atomic E-state index is 0.186. The molecule has 0 aliphatic rings. The molecule has 0 spiro atoms. The predicted molar refractivity (Wildman–Crippen MR) is 83.4 cm³/mol. The van der Waals surface area contributed by atoms with Gasteiger partial charge in [0.2, 0.25) is 0 Å². The van der Waals surface area contributed by atoms with Crippen molar-refractivity contribution in [2.24, 2.45) is 0 Å². The van der Waals surface area contributed by atoms with E-state index in [0.29, 0.717) is 34.0 Å². The van der Waals surface area contributed by atoms with Crippen molar-refractivity contribution in [3.8, 4) is 0 Å². The second kappa shape index (κ2) is 6.92.